The second kappa shape index (κ2) is 3.05. The van der Waals surface area contributed by atoms with Crippen LogP contribution in [0.25, 0.3) is 0 Å². The monoisotopic (exact) mass is 149 g/mol. The molecule has 0 aromatic rings. The van der Waals surface area contributed by atoms with Crippen LogP contribution in [0.1, 0.15) is 13.8 Å². The van der Waals surface area contributed by atoms with Crippen molar-refractivity contribution in [2.24, 2.45) is 5.73 Å². The van der Waals surface area contributed by atoms with Crippen LogP contribution in [0.15, 0.2) is 11.3 Å². The third-order valence-electron chi connectivity index (χ3n) is 0.886. The Morgan fingerprint density at radius 3 is 1.88 bits per heavy atom. The van der Waals surface area contributed by atoms with Gasteiger partial charge in [0.1, 0.15) is 4.32 Å². The van der Waals surface area contributed by atoms with Gasteiger partial charge in [0, 0.05) is 5.70 Å². The smallest absolute Gasteiger partial charge is 0.108 e. The molecule has 0 aliphatic rings. The molecule has 0 saturated heterocycles. The highest BCUT2D eigenvalue weighted by Gasteiger charge is 1.94. The minimum atomic E-state index is 0.352. The molecule has 0 aromatic heterocycles. The van der Waals surface area contributed by atoms with Gasteiger partial charge in [-0.05, 0) is 19.4 Å². The first-order valence-electron chi connectivity index (χ1n) is 2.18. The quantitative estimate of drug-likeness (QED) is 0.350. The molecule has 0 amide bonds. The van der Waals surface area contributed by atoms with E-state index in [1.54, 1.807) is 13.8 Å². The van der Waals surface area contributed by atoms with Crippen molar-refractivity contribution in [2.75, 3.05) is 0 Å². The Morgan fingerprint density at radius 1 is 1.50 bits per heavy atom. The van der Waals surface area contributed by atoms with Crippen LogP contribution in [0.3, 0.4) is 0 Å². The second-order valence-corrected chi connectivity index (χ2v) is 2.59. The highest BCUT2D eigenvalue weighted by Crippen LogP contribution is 2.03. The molecule has 0 fully saturated rings. The van der Waals surface area contributed by atoms with Gasteiger partial charge in [-0.25, -0.2) is 0 Å². The predicted octanol–water partition coefficient (Wildman–Crippen LogP) is 1.81. The van der Waals surface area contributed by atoms with E-state index in [4.69, 9.17) is 17.3 Å². The first-order valence-corrected chi connectivity index (χ1v) is 2.97. The summed E-state index contributed by atoms with van der Waals surface area (Å²) in [4.78, 5) is 0. The van der Waals surface area contributed by atoms with Crippen LogP contribution in [0.4, 0.5) is 0 Å². The summed E-state index contributed by atoms with van der Waals surface area (Å²) >= 11 is 10.0. The van der Waals surface area contributed by atoms with Crippen LogP contribution >= 0.6 is 23.8 Å². The van der Waals surface area contributed by atoms with Crippen molar-refractivity contribution in [1.82, 2.24) is 0 Å². The van der Waals surface area contributed by atoms with E-state index in [-0.39, 0.29) is 0 Å². The predicted molar refractivity (Wildman–Crippen MR) is 41.0 cm³/mol. The standard InChI is InChI=1S/C5H8ClNS/c1-3(4(2)7)5(6)8/h7H2,1-2H3/b4-3-. The van der Waals surface area contributed by atoms with Gasteiger partial charge in [0.25, 0.3) is 0 Å². The van der Waals surface area contributed by atoms with Crippen LogP contribution in [0, 0.1) is 0 Å². The molecule has 0 aliphatic carbocycles. The number of nitrogens with two attached hydrogens (primary N) is 1. The fourth-order valence-corrected chi connectivity index (χ4v) is 0.465. The third kappa shape index (κ3) is 2.28. The lowest BCUT2D eigenvalue weighted by Gasteiger charge is -1.95. The van der Waals surface area contributed by atoms with E-state index in [1.165, 1.54) is 0 Å². The molecule has 0 saturated carbocycles. The summed E-state index contributed by atoms with van der Waals surface area (Å²) in [6.07, 6.45) is 0. The van der Waals surface area contributed by atoms with Crippen molar-refractivity contribution in [2.45, 2.75) is 13.8 Å². The van der Waals surface area contributed by atoms with E-state index in [9.17, 15) is 0 Å². The van der Waals surface area contributed by atoms with E-state index in [0.717, 1.165) is 5.57 Å². The zero-order valence-corrected chi connectivity index (χ0v) is 6.44. The van der Waals surface area contributed by atoms with Crippen molar-refractivity contribution >= 4 is 28.1 Å². The lowest BCUT2D eigenvalue weighted by atomic mass is 10.3. The van der Waals surface area contributed by atoms with E-state index >= 15 is 0 Å². The van der Waals surface area contributed by atoms with Crippen molar-refractivity contribution in [3.05, 3.63) is 11.3 Å². The van der Waals surface area contributed by atoms with Crippen LogP contribution in [-0.2, 0) is 0 Å². The molecule has 0 radical (unpaired) electrons. The largest absolute Gasteiger partial charge is 0.402 e. The van der Waals surface area contributed by atoms with Gasteiger partial charge in [-0.1, -0.05) is 23.8 Å². The molecule has 0 rings (SSSR count). The SMILES string of the molecule is C/C(N)=C(\C)C(=S)Cl. The molecule has 0 atom stereocenters. The Hall–Kier alpha value is -0.0800. The highest BCUT2D eigenvalue weighted by atomic mass is 35.5. The summed E-state index contributed by atoms with van der Waals surface area (Å²) in [6, 6.07) is 0. The fourth-order valence-electron chi connectivity index (χ4n) is 0.155. The molecule has 2 N–H and O–H groups in total. The fraction of sp³-hybridized carbons (Fsp3) is 0.400. The van der Waals surface area contributed by atoms with Crippen molar-refractivity contribution < 1.29 is 0 Å². The van der Waals surface area contributed by atoms with Crippen molar-refractivity contribution in [3.8, 4) is 0 Å². The molecule has 3 heteroatoms. The molecular formula is C5H8ClNS. The zero-order chi connectivity index (χ0) is 6.73. The van der Waals surface area contributed by atoms with Crippen LogP contribution in [0.2, 0.25) is 0 Å². The molecule has 46 valence electrons. The molecule has 8 heavy (non-hydrogen) atoms. The maximum absolute atomic E-state index is 5.42. The maximum Gasteiger partial charge on any atom is 0.108 e. The van der Waals surface area contributed by atoms with Gasteiger partial charge in [-0.15, -0.1) is 0 Å². The topological polar surface area (TPSA) is 26.0 Å². The Morgan fingerprint density at radius 2 is 1.88 bits per heavy atom. The Balaban J connectivity index is 4.23. The summed E-state index contributed by atoms with van der Waals surface area (Å²) in [7, 11) is 0. The van der Waals surface area contributed by atoms with Gasteiger partial charge in [-0.3, -0.25) is 0 Å². The molecule has 0 heterocycles. The molecule has 1 nitrogen and oxygen atoms in total. The molecule has 0 unspecified atom stereocenters. The number of rotatable bonds is 1. The van der Waals surface area contributed by atoms with E-state index in [1.807, 2.05) is 0 Å². The van der Waals surface area contributed by atoms with Gasteiger partial charge in [-0.2, -0.15) is 0 Å². The molecule has 0 aliphatic heterocycles. The van der Waals surface area contributed by atoms with Crippen molar-refractivity contribution in [3.63, 3.8) is 0 Å². The minimum Gasteiger partial charge on any atom is -0.402 e. The normalized spacial score (nSPS) is 12.9. The van der Waals surface area contributed by atoms with Gasteiger partial charge >= 0.3 is 0 Å². The number of hydrogen-bond acceptors (Lipinski definition) is 2. The molecule has 0 bridgehead atoms. The van der Waals surface area contributed by atoms with Gasteiger partial charge in [0.05, 0.1) is 0 Å². The number of thiocarbonyl (C=S) groups is 1. The third-order valence-corrected chi connectivity index (χ3v) is 1.48. The zero-order valence-electron chi connectivity index (χ0n) is 4.86. The first-order chi connectivity index (χ1) is 3.55. The minimum absolute atomic E-state index is 0.352. The van der Waals surface area contributed by atoms with Crippen LogP contribution in [-0.4, -0.2) is 4.32 Å². The van der Waals surface area contributed by atoms with E-state index in [0.29, 0.717) is 10.0 Å². The number of halogens is 1. The lowest BCUT2D eigenvalue weighted by molar-refractivity contribution is 1.27. The van der Waals surface area contributed by atoms with Gasteiger partial charge in [0.2, 0.25) is 0 Å². The summed E-state index contributed by atoms with van der Waals surface area (Å²) < 4.78 is 0.352. The average molecular weight is 150 g/mol. The van der Waals surface area contributed by atoms with Crippen LogP contribution in [0.5, 0.6) is 0 Å². The first kappa shape index (κ1) is 7.92. The van der Waals surface area contributed by atoms with E-state index in [2.05, 4.69) is 12.2 Å². The summed E-state index contributed by atoms with van der Waals surface area (Å²) in [5.74, 6) is 0. The Labute approximate surface area is 59.5 Å². The van der Waals surface area contributed by atoms with Crippen LogP contribution < -0.4 is 5.73 Å². The summed E-state index contributed by atoms with van der Waals surface area (Å²) in [5.41, 5.74) is 6.82. The molecule has 0 spiro atoms. The highest BCUT2D eigenvalue weighted by molar-refractivity contribution is 7.83. The van der Waals surface area contributed by atoms with Crippen molar-refractivity contribution in [1.29, 1.82) is 0 Å². The van der Waals surface area contributed by atoms with E-state index < -0.39 is 0 Å². The number of hydrogen-bond donors (Lipinski definition) is 1. The average Bonchev–Trinajstić information content (AvgIpc) is 1.64. The Bertz CT molecular complexity index is 135. The Kier molecular flexibility index (Phi) is 3.02. The molecular weight excluding hydrogens is 142 g/mol. The van der Waals surface area contributed by atoms with Gasteiger partial charge < -0.3 is 5.73 Å². The summed E-state index contributed by atoms with van der Waals surface area (Å²) in [5, 5.41) is 0. The second-order valence-electron chi connectivity index (χ2n) is 1.58. The molecule has 0 aromatic carbocycles. The van der Waals surface area contributed by atoms with Gasteiger partial charge in [0.15, 0.2) is 0 Å². The summed E-state index contributed by atoms with van der Waals surface area (Å²) in [6.45, 7) is 3.56. The number of allylic oxidation sites excluding steroid dienone is 2. The lowest BCUT2D eigenvalue weighted by Crippen LogP contribution is -1.98. The maximum atomic E-state index is 5.42.